The summed E-state index contributed by atoms with van der Waals surface area (Å²) in [6.07, 6.45) is 0.911. The van der Waals surface area contributed by atoms with Gasteiger partial charge < -0.3 is 15.1 Å². The molecule has 1 N–H and O–H groups in total. The molecule has 3 amide bonds. The van der Waals surface area contributed by atoms with Crippen LogP contribution >= 0.6 is 0 Å². The van der Waals surface area contributed by atoms with Crippen molar-refractivity contribution in [3.63, 3.8) is 0 Å². The molecule has 6 heteroatoms. The van der Waals surface area contributed by atoms with Gasteiger partial charge in [-0.05, 0) is 29.2 Å². The molecule has 0 spiro atoms. The lowest BCUT2D eigenvalue weighted by atomic mass is 9.92. The number of fused-ring (bicyclic) bond motifs is 1. The van der Waals surface area contributed by atoms with Gasteiger partial charge in [-0.25, -0.2) is 0 Å². The van der Waals surface area contributed by atoms with Gasteiger partial charge in [-0.1, -0.05) is 19.9 Å². The van der Waals surface area contributed by atoms with Gasteiger partial charge in [0.15, 0.2) is 0 Å². The number of amides is 3. The Hall–Kier alpha value is -2.37. The SMILES string of the molecule is CC(=O)Nc1ccc2c(c1)CN(C(=O)CC(C)C)[C@H](C(=O)N(C)C)C2. The Labute approximate surface area is 149 Å². The van der Waals surface area contributed by atoms with Gasteiger partial charge in [0, 0.05) is 46.1 Å². The van der Waals surface area contributed by atoms with Crippen molar-refractivity contribution < 1.29 is 14.4 Å². The van der Waals surface area contributed by atoms with Gasteiger partial charge in [0.05, 0.1) is 0 Å². The second-order valence-corrected chi connectivity index (χ2v) is 7.24. The molecular weight excluding hydrogens is 318 g/mol. The average Bonchev–Trinajstić information content (AvgIpc) is 2.51. The minimum atomic E-state index is -0.472. The third-order valence-electron chi connectivity index (χ3n) is 4.29. The van der Waals surface area contributed by atoms with Gasteiger partial charge in [-0.15, -0.1) is 0 Å². The Morgan fingerprint density at radius 2 is 1.92 bits per heavy atom. The standard InChI is InChI=1S/C19H27N3O3/c1-12(2)8-18(24)22-11-15-9-16(20-13(3)23)7-6-14(15)10-17(22)19(25)21(4)5/h6-7,9,12,17H,8,10-11H2,1-5H3,(H,20,23)/t17-/m0/s1. The number of carbonyl (C=O) groups excluding carboxylic acids is 3. The van der Waals surface area contributed by atoms with Gasteiger partial charge in [0.1, 0.15) is 6.04 Å². The van der Waals surface area contributed by atoms with Crippen molar-refractivity contribution in [2.24, 2.45) is 5.92 Å². The molecule has 0 radical (unpaired) electrons. The predicted octanol–water partition coefficient (Wildman–Crippen LogP) is 2.03. The number of nitrogens with one attached hydrogen (secondary N) is 1. The number of likely N-dealkylation sites (N-methyl/N-ethyl adjacent to an activating group) is 1. The molecule has 1 aliphatic rings. The molecule has 1 aliphatic heterocycles. The van der Waals surface area contributed by atoms with E-state index in [1.807, 2.05) is 32.0 Å². The quantitative estimate of drug-likeness (QED) is 0.908. The fraction of sp³-hybridized carbons (Fsp3) is 0.526. The molecule has 1 atom stereocenters. The van der Waals surface area contributed by atoms with Crippen LogP contribution < -0.4 is 5.32 Å². The summed E-state index contributed by atoms with van der Waals surface area (Å²) in [7, 11) is 3.42. The fourth-order valence-corrected chi connectivity index (χ4v) is 3.11. The van der Waals surface area contributed by atoms with Crippen molar-refractivity contribution in [2.45, 2.75) is 46.2 Å². The number of nitrogens with zero attached hydrogens (tertiary/aromatic N) is 2. The van der Waals surface area contributed by atoms with E-state index in [-0.39, 0.29) is 23.6 Å². The summed E-state index contributed by atoms with van der Waals surface area (Å²) >= 11 is 0. The zero-order valence-corrected chi connectivity index (χ0v) is 15.6. The van der Waals surface area contributed by atoms with Crippen LogP contribution in [0.1, 0.15) is 38.3 Å². The molecule has 0 fully saturated rings. The van der Waals surface area contributed by atoms with Crippen molar-refractivity contribution in [3.8, 4) is 0 Å². The van der Waals surface area contributed by atoms with Gasteiger partial charge in [-0.3, -0.25) is 14.4 Å². The first-order valence-electron chi connectivity index (χ1n) is 8.59. The van der Waals surface area contributed by atoms with Crippen LogP contribution in [0.25, 0.3) is 0 Å². The molecular formula is C19H27N3O3. The first-order chi connectivity index (χ1) is 11.7. The zero-order valence-electron chi connectivity index (χ0n) is 15.6. The first-order valence-corrected chi connectivity index (χ1v) is 8.59. The van der Waals surface area contributed by atoms with E-state index >= 15 is 0 Å². The molecule has 0 aromatic heterocycles. The second kappa shape index (κ2) is 7.68. The number of hydrogen-bond donors (Lipinski definition) is 1. The third-order valence-corrected chi connectivity index (χ3v) is 4.29. The number of hydrogen-bond acceptors (Lipinski definition) is 3. The van der Waals surface area contributed by atoms with Crippen molar-refractivity contribution in [3.05, 3.63) is 29.3 Å². The summed E-state index contributed by atoms with van der Waals surface area (Å²) in [5.74, 6) is 0.0263. The van der Waals surface area contributed by atoms with Crippen molar-refractivity contribution >= 4 is 23.4 Å². The Morgan fingerprint density at radius 1 is 1.24 bits per heavy atom. The molecule has 2 rings (SSSR count). The van der Waals surface area contributed by atoms with Crippen LogP contribution in [-0.4, -0.2) is 47.7 Å². The molecule has 1 aromatic rings. The third kappa shape index (κ3) is 4.59. The van der Waals surface area contributed by atoms with E-state index in [4.69, 9.17) is 0 Å². The molecule has 0 bridgehead atoms. The Bertz CT molecular complexity index is 682. The Morgan fingerprint density at radius 3 is 2.48 bits per heavy atom. The van der Waals surface area contributed by atoms with E-state index in [0.717, 1.165) is 11.1 Å². The number of anilines is 1. The minimum Gasteiger partial charge on any atom is -0.347 e. The van der Waals surface area contributed by atoms with E-state index in [1.165, 1.54) is 11.8 Å². The normalized spacial score (nSPS) is 16.4. The Balaban J connectivity index is 2.34. The minimum absolute atomic E-state index is 0.00854. The van der Waals surface area contributed by atoms with E-state index in [9.17, 15) is 14.4 Å². The highest BCUT2D eigenvalue weighted by molar-refractivity contribution is 5.90. The van der Waals surface area contributed by atoms with Crippen molar-refractivity contribution in [2.75, 3.05) is 19.4 Å². The summed E-state index contributed by atoms with van der Waals surface area (Å²) in [6.45, 7) is 5.84. The lowest BCUT2D eigenvalue weighted by Gasteiger charge is -2.37. The molecule has 1 aromatic carbocycles. The van der Waals surface area contributed by atoms with E-state index in [0.29, 0.717) is 25.1 Å². The highest BCUT2D eigenvalue weighted by atomic mass is 16.2. The molecule has 6 nitrogen and oxygen atoms in total. The summed E-state index contributed by atoms with van der Waals surface area (Å²) in [4.78, 5) is 39.8. The molecule has 25 heavy (non-hydrogen) atoms. The molecule has 0 unspecified atom stereocenters. The molecule has 136 valence electrons. The van der Waals surface area contributed by atoms with Gasteiger partial charge in [-0.2, -0.15) is 0 Å². The van der Waals surface area contributed by atoms with Crippen LogP contribution in [0.4, 0.5) is 5.69 Å². The van der Waals surface area contributed by atoms with Gasteiger partial charge >= 0.3 is 0 Å². The monoisotopic (exact) mass is 345 g/mol. The van der Waals surface area contributed by atoms with Gasteiger partial charge in [0.2, 0.25) is 17.7 Å². The lowest BCUT2D eigenvalue weighted by molar-refractivity contribution is -0.146. The summed E-state index contributed by atoms with van der Waals surface area (Å²) < 4.78 is 0. The fourth-order valence-electron chi connectivity index (χ4n) is 3.11. The maximum atomic E-state index is 12.7. The van der Waals surface area contributed by atoms with Crippen molar-refractivity contribution in [1.29, 1.82) is 0 Å². The van der Waals surface area contributed by atoms with Gasteiger partial charge in [0.25, 0.3) is 0 Å². The van der Waals surface area contributed by atoms with Crippen LogP contribution in [0, 0.1) is 5.92 Å². The van der Waals surface area contributed by atoms with E-state index in [1.54, 1.807) is 19.0 Å². The smallest absolute Gasteiger partial charge is 0.245 e. The second-order valence-electron chi connectivity index (χ2n) is 7.24. The van der Waals surface area contributed by atoms with Crippen LogP contribution in [0.3, 0.4) is 0 Å². The number of benzene rings is 1. The zero-order chi connectivity index (χ0) is 18.7. The predicted molar refractivity (Wildman–Crippen MR) is 96.9 cm³/mol. The number of rotatable bonds is 4. The van der Waals surface area contributed by atoms with Crippen LogP contribution in [-0.2, 0) is 27.3 Å². The maximum absolute atomic E-state index is 12.7. The summed E-state index contributed by atoms with van der Waals surface area (Å²) in [5, 5.41) is 2.77. The maximum Gasteiger partial charge on any atom is 0.245 e. The van der Waals surface area contributed by atoms with Crippen LogP contribution in [0.5, 0.6) is 0 Å². The van der Waals surface area contributed by atoms with Crippen molar-refractivity contribution in [1.82, 2.24) is 9.80 Å². The van der Waals surface area contributed by atoms with Crippen LogP contribution in [0.15, 0.2) is 18.2 Å². The largest absolute Gasteiger partial charge is 0.347 e. The molecule has 1 heterocycles. The summed E-state index contributed by atoms with van der Waals surface area (Å²) in [5.41, 5.74) is 2.73. The van der Waals surface area contributed by atoms with Crippen LogP contribution in [0.2, 0.25) is 0 Å². The molecule has 0 saturated carbocycles. The van der Waals surface area contributed by atoms with E-state index in [2.05, 4.69) is 5.32 Å². The number of carbonyl (C=O) groups is 3. The highest BCUT2D eigenvalue weighted by Crippen LogP contribution is 2.28. The average molecular weight is 345 g/mol. The lowest BCUT2D eigenvalue weighted by Crippen LogP contribution is -2.52. The first kappa shape index (κ1) is 19.0. The molecule has 0 saturated heterocycles. The topological polar surface area (TPSA) is 69.7 Å². The molecule has 0 aliphatic carbocycles. The Kier molecular flexibility index (Phi) is 5.82. The summed E-state index contributed by atoms with van der Waals surface area (Å²) in [6, 6.07) is 5.19. The highest BCUT2D eigenvalue weighted by Gasteiger charge is 2.35. The van der Waals surface area contributed by atoms with E-state index < -0.39 is 6.04 Å².